The number of fused-ring (bicyclic) bond motifs is 1. The summed E-state index contributed by atoms with van der Waals surface area (Å²) in [6.45, 7) is 1.84. The van der Waals surface area contributed by atoms with Crippen molar-refractivity contribution in [2.75, 3.05) is 20.3 Å². The van der Waals surface area contributed by atoms with E-state index in [1.54, 1.807) is 6.07 Å². The molecule has 3 rings (SSSR count). The first-order chi connectivity index (χ1) is 11.7. The SMILES string of the molecule is COC(=O)C1Cc2ccccc2CN1CCOc1cccc(Cl)c1. The minimum absolute atomic E-state index is 0.202. The first-order valence-electron chi connectivity index (χ1n) is 7.94. The lowest BCUT2D eigenvalue weighted by molar-refractivity contribution is -0.147. The van der Waals surface area contributed by atoms with Gasteiger partial charge in [0.1, 0.15) is 18.4 Å². The van der Waals surface area contributed by atoms with Crippen LogP contribution in [-0.2, 0) is 22.5 Å². The van der Waals surface area contributed by atoms with Gasteiger partial charge in [0.25, 0.3) is 0 Å². The van der Waals surface area contributed by atoms with Crippen molar-refractivity contribution in [2.24, 2.45) is 0 Å². The van der Waals surface area contributed by atoms with Gasteiger partial charge in [-0.15, -0.1) is 0 Å². The van der Waals surface area contributed by atoms with Crippen LogP contribution in [0, 0.1) is 0 Å². The van der Waals surface area contributed by atoms with E-state index in [0.717, 1.165) is 12.3 Å². The molecule has 1 unspecified atom stereocenters. The predicted octanol–water partition coefficient (Wildman–Crippen LogP) is 3.32. The molecule has 4 nitrogen and oxygen atoms in total. The molecule has 1 aliphatic heterocycles. The second-order valence-corrected chi connectivity index (χ2v) is 6.22. The van der Waals surface area contributed by atoms with Crippen molar-refractivity contribution in [1.29, 1.82) is 0 Å². The highest BCUT2D eigenvalue weighted by molar-refractivity contribution is 6.30. The Balaban J connectivity index is 1.66. The van der Waals surface area contributed by atoms with Crippen LogP contribution in [-0.4, -0.2) is 37.2 Å². The van der Waals surface area contributed by atoms with Crippen LogP contribution in [0.1, 0.15) is 11.1 Å². The van der Waals surface area contributed by atoms with Gasteiger partial charge in [-0.05, 0) is 35.7 Å². The molecule has 1 heterocycles. The van der Waals surface area contributed by atoms with E-state index in [1.807, 2.05) is 30.3 Å². The molecule has 1 atom stereocenters. The molecule has 2 aromatic carbocycles. The maximum atomic E-state index is 12.1. The molecule has 0 aromatic heterocycles. The van der Waals surface area contributed by atoms with Crippen LogP contribution in [0.4, 0.5) is 0 Å². The largest absolute Gasteiger partial charge is 0.492 e. The summed E-state index contributed by atoms with van der Waals surface area (Å²) >= 11 is 5.96. The van der Waals surface area contributed by atoms with E-state index in [0.29, 0.717) is 24.6 Å². The number of nitrogens with zero attached hydrogens (tertiary/aromatic N) is 1. The van der Waals surface area contributed by atoms with Gasteiger partial charge >= 0.3 is 5.97 Å². The fraction of sp³-hybridized carbons (Fsp3) is 0.316. The standard InChI is InChI=1S/C19H20ClNO3/c1-23-19(22)18-11-14-5-2-3-6-15(14)13-21(18)9-10-24-17-8-4-7-16(20)12-17/h2-8,12,18H,9-11,13H2,1H3. The Hall–Kier alpha value is -2.04. The molecule has 2 aromatic rings. The summed E-state index contributed by atoms with van der Waals surface area (Å²) in [5.41, 5.74) is 2.46. The van der Waals surface area contributed by atoms with Gasteiger partial charge in [0.15, 0.2) is 0 Å². The molecule has 126 valence electrons. The molecular formula is C19H20ClNO3. The highest BCUT2D eigenvalue weighted by atomic mass is 35.5. The monoisotopic (exact) mass is 345 g/mol. The van der Waals surface area contributed by atoms with Crippen LogP contribution in [0.5, 0.6) is 5.75 Å². The first kappa shape index (κ1) is 16.8. The second-order valence-electron chi connectivity index (χ2n) is 5.79. The smallest absolute Gasteiger partial charge is 0.323 e. The third-order valence-electron chi connectivity index (χ3n) is 4.26. The number of ether oxygens (including phenoxy) is 2. The normalized spacial score (nSPS) is 17.2. The summed E-state index contributed by atoms with van der Waals surface area (Å²) in [6, 6.07) is 15.3. The van der Waals surface area contributed by atoms with Crippen molar-refractivity contribution >= 4 is 17.6 Å². The fourth-order valence-corrected chi connectivity index (χ4v) is 3.20. The summed E-state index contributed by atoms with van der Waals surface area (Å²) in [5, 5.41) is 0.645. The molecule has 0 amide bonds. The van der Waals surface area contributed by atoms with Gasteiger partial charge in [0.2, 0.25) is 0 Å². The first-order valence-corrected chi connectivity index (χ1v) is 8.32. The fourth-order valence-electron chi connectivity index (χ4n) is 3.02. The molecular weight excluding hydrogens is 326 g/mol. The zero-order chi connectivity index (χ0) is 16.9. The summed E-state index contributed by atoms with van der Waals surface area (Å²) in [4.78, 5) is 14.3. The number of hydrogen-bond acceptors (Lipinski definition) is 4. The van der Waals surface area contributed by atoms with Crippen molar-refractivity contribution in [3.05, 3.63) is 64.7 Å². The maximum Gasteiger partial charge on any atom is 0.323 e. The van der Waals surface area contributed by atoms with E-state index < -0.39 is 0 Å². The summed E-state index contributed by atoms with van der Waals surface area (Å²) in [5.74, 6) is 0.529. The van der Waals surface area contributed by atoms with E-state index >= 15 is 0 Å². The number of carbonyl (C=O) groups excluding carboxylic acids is 1. The second kappa shape index (κ2) is 7.69. The number of methoxy groups -OCH3 is 1. The zero-order valence-electron chi connectivity index (χ0n) is 13.6. The van der Waals surface area contributed by atoms with Crippen molar-refractivity contribution in [3.63, 3.8) is 0 Å². The Morgan fingerprint density at radius 2 is 2.00 bits per heavy atom. The Bertz CT molecular complexity index is 719. The highest BCUT2D eigenvalue weighted by Gasteiger charge is 2.31. The Morgan fingerprint density at radius 1 is 1.21 bits per heavy atom. The molecule has 0 saturated heterocycles. The highest BCUT2D eigenvalue weighted by Crippen LogP contribution is 2.24. The van der Waals surface area contributed by atoms with E-state index in [1.165, 1.54) is 18.2 Å². The molecule has 0 N–H and O–H groups in total. The molecule has 0 fully saturated rings. The summed E-state index contributed by atoms with van der Waals surface area (Å²) < 4.78 is 10.7. The number of rotatable bonds is 5. The van der Waals surface area contributed by atoms with Crippen LogP contribution in [0.15, 0.2) is 48.5 Å². The van der Waals surface area contributed by atoms with Gasteiger partial charge in [-0.2, -0.15) is 0 Å². The molecule has 24 heavy (non-hydrogen) atoms. The zero-order valence-corrected chi connectivity index (χ0v) is 14.3. The topological polar surface area (TPSA) is 38.8 Å². The molecule has 0 saturated carbocycles. The van der Waals surface area contributed by atoms with Crippen LogP contribution in [0.3, 0.4) is 0 Å². The minimum Gasteiger partial charge on any atom is -0.492 e. The number of hydrogen-bond donors (Lipinski definition) is 0. The van der Waals surface area contributed by atoms with Gasteiger partial charge in [-0.3, -0.25) is 9.69 Å². The van der Waals surface area contributed by atoms with E-state index in [-0.39, 0.29) is 12.0 Å². The van der Waals surface area contributed by atoms with Gasteiger partial charge in [-0.1, -0.05) is 41.9 Å². The average Bonchev–Trinajstić information content (AvgIpc) is 2.60. The van der Waals surface area contributed by atoms with Crippen LogP contribution in [0.25, 0.3) is 0 Å². The average molecular weight is 346 g/mol. The molecule has 0 aliphatic carbocycles. The minimum atomic E-state index is -0.270. The van der Waals surface area contributed by atoms with E-state index in [2.05, 4.69) is 17.0 Å². The van der Waals surface area contributed by atoms with Crippen molar-refractivity contribution < 1.29 is 14.3 Å². The number of halogens is 1. The van der Waals surface area contributed by atoms with Gasteiger partial charge in [-0.25, -0.2) is 0 Å². The van der Waals surface area contributed by atoms with Gasteiger partial charge in [0.05, 0.1) is 7.11 Å². The molecule has 1 aliphatic rings. The molecule has 0 bridgehead atoms. The van der Waals surface area contributed by atoms with E-state index in [4.69, 9.17) is 21.1 Å². The Kier molecular flexibility index (Phi) is 5.38. The third kappa shape index (κ3) is 3.89. The van der Waals surface area contributed by atoms with Gasteiger partial charge in [0, 0.05) is 18.1 Å². The van der Waals surface area contributed by atoms with Crippen LogP contribution in [0.2, 0.25) is 5.02 Å². The van der Waals surface area contributed by atoms with Crippen molar-refractivity contribution in [3.8, 4) is 5.75 Å². The lowest BCUT2D eigenvalue weighted by Crippen LogP contribution is -2.47. The number of carbonyl (C=O) groups is 1. The Labute approximate surface area is 146 Å². The van der Waals surface area contributed by atoms with Crippen molar-refractivity contribution in [2.45, 2.75) is 19.0 Å². The number of benzene rings is 2. The summed E-state index contributed by atoms with van der Waals surface area (Å²) in [6.07, 6.45) is 0.667. The lowest BCUT2D eigenvalue weighted by atomic mass is 9.94. The maximum absolute atomic E-state index is 12.1. The quantitative estimate of drug-likeness (QED) is 0.779. The van der Waals surface area contributed by atoms with Gasteiger partial charge < -0.3 is 9.47 Å². The summed E-state index contributed by atoms with van der Waals surface area (Å²) in [7, 11) is 1.43. The van der Waals surface area contributed by atoms with E-state index in [9.17, 15) is 4.79 Å². The predicted molar refractivity (Wildman–Crippen MR) is 93.3 cm³/mol. The lowest BCUT2D eigenvalue weighted by Gasteiger charge is -2.34. The van der Waals surface area contributed by atoms with Crippen molar-refractivity contribution in [1.82, 2.24) is 4.90 Å². The molecule has 0 radical (unpaired) electrons. The third-order valence-corrected chi connectivity index (χ3v) is 4.50. The van der Waals surface area contributed by atoms with Crippen LogP contribution >= 0.6 is 11.6 Å². The number of esters is 1. The molecule has 0 spiro atoms. The Morgan fingerprint density at radius 3 is 2.75 bits per heavy atom. The van der Waals surface area contributed by atoms with Crippen LogP contribution < -0.4 is 4.74 Å². The molecule has 5 heteroatoms.